The predicted octanol–water partition coefficient (Wildman–Crippen LogP) is 1.67. The van der Waals surface area contributed by atoms with Crippen LogP contribution in [0.2, 0.25) is 0 Å². The van der Waals surface area contributed by atoms with E-state index in [1.54, 1.807) is 23.3 Å². The fourth-order valence-electron chi connectivity index (χ4n) is 2.08. The van der Waals surface area contributed by atoms with Crippen LogP contribution in [0.1, 0.15) is 43.9 Å². The zero-order valence-electron chi connectivity index (χ0n) is 10.7. The lowest BCUT2D eigenvalue weighted by Gasteiger charge is -2.21. The molecule has 2 rings (SSSR count). The number of amides is 1. The summed E-state index contributed by atoms with van der Waals surface area (Å²) >= 11 is 1.64. The molecule has 94 valence electrons. The van der Waals surface area contributed by atoms with Crippen LogP contribution in [0.3, 0.4) is 0 Å². The van der Waals surface area contributed by atoms with Gasteiger partial charge in [-0.25, -0.2) is 4.98 Å². The predicted molar refractivity (Wildman–Crippen MR) is 68.9 cm³/mol. The molecule has 1 aromatic rings. The van der Waals surface area contributed by atoms with Gasteiger partial charge in [0, 0.05) is 30.3 Å². The lowest BCUT2D eigenvalue weighted by atomic mass is 9.98. The van der Waals surface area contributed by atoms with Gasteiger partial charge in [0.2, 0.25) is 5.91 Å². The number of aromatic nitrogens is 1. The average molecular weight is 253 g/mol. The molecule has 0 spiro atoms. The van der Waals surface area contributed by atoms with Gasteiger partial charge < -0.3 is 10.6 Å². The molecule has 1 aliphatic rings. The highest BCUT2D eigenvalue weighted by molar-refractivity contribution is 7.09. The highest BCUT2D eigenvalue weighted by Crippen LogP contribution is 2.34. The van der Waals surface area contributed by atoms with Crippen molar-refractivity contribution in [2.45, 2.75) is 44.7 Å². The quantitative estimate of drug-likeness (QED) is 0.828. The van der Waals surface area contributed by atoms with E-state index in [1.165, 1.54) is 0 Å². The molecule has 5 heteroatoms. The first-order valence-electron chi connectivity index (χ1n) is 5.78. The minimum atomic E-state index is -0.137. The Kier molecular flexibility index (Phi) is 2.99. The van der Waals surface area contributed by atoms with Crippen molar-refractivity contribution in [2.24, 2.45) is 5.73 Å². The van der Waals surface area contributed by atoms with E-state index in [9.17, 15) is 4.79 Å². The summed E-state index contributed by atoms with van der Waals surface area (Å²) in [7, 11) is 1.80. The Hall–Kier alpha value is -0.940. The number of carbonyl (C=O) groups is 1. The van der Waals surface area contributed by atoms with Crippen LogP contribution in [0.5, 0.6) is 0 Å². The first-order chi connectivity index (χ1) is 7.80. The number of rotatable bonds is 1. The molecule has 1 fully saturated rings. The highest BCUT2D eigenvalue weighted by Gasteiger charge is 2.38. The number of likely N-dealkylation sites (tertiary alicyclic amines) is 1. The third-order valence-electron chi connectivity index (χ3n) is 3.09. The van der Waals surface area contributed by atoms with Crippen molar-refractivity contribution in [3.8, 4) is 0 Å². The number of hydrogen-bond acceptors (Lipinski definition) is 4. The van der Waals surface area contributed by atoms with Crippen molar-refractivity contribution in [1.82, 2.24) is 9.88 Å². The van der Waals surface area contributed by atoms with Gasteiger partial charge in [-0.3, -0.25) is 4.79 Å². The van der Waals surface area contributed by atoms with E-state index in [4.69, 9.17) is 5.73 Å². The van der Waals surface area contributed by atoms with Crippen LogP contribution in [0, 0.1) is 0 Å². The van der Waals surface area contributed by atoms with E-state index in [0.717, 1.165) is 10.7 Å². The molecule has 0 aromatic carbocycles. The second-order valence-corrected chi connectivity index (χ2v) is 6.50. The van der Waals surface area contributed by atoms with Crippen LogP contribution in [0.25, 0.3) is 0 Å². The summed E-state index contributed by atoms with van der Waals surface area (Å²) in [6.45, 7) is 6.41. The molecule has 1 saturated heterocycles. The van der Waals surface area contributed by atoms with Gasteiger partial charge in [0.05, 0.1) is 16.7 Å². The lowest BCUT2D eigenvalue weighted by molar-refractivity contribution is -0.127. The fraction of sp³-hybridized carbons (Fsp3) is 0.667. The summed E-state index contributed by atoms with van der Waals surface area (Å²) in [6, 6.07) is -0.197. The third-order valence-corrected chi connectivity index (χ3v) is 4.38. The van der Waals surface area contributed by atoms with Crippen molar-refractivity contribution in [3.63, 3.8) is 0 Å². The molecule has 0 aliphatic carbocycles. The Bertz CT molecular complexity index is 435. The number of hydrogen-bond donors (Lipinski definition) is 1. The van der Waals surface area contributed by atoms with Crippen molar-refractivity contribution in [1.29, 1.82) is 0 Å². The van der Waals surface area contributed by atoms with Gasteiger partial charge in [-0.1, -0.05) is 20.8 Å². The van der Waals surface area contributed by atoms with Crippen molar-refractivity contribution in [3.05, 3.63) is 16.1 Å². The van der Waals surface area contributed by atoms with Gasteiger partial charge in [-0.2, -0.15) is 0 Å². The molecule has 1 amide bonds. The zero-order valence-corrected chi connectivity index (χ0v) is 11.5. The van der Waals surface area contributed by atoms with E-state index in [0.29, 0.717) is 6.42 Å². The van der Waals surface area contributed by atoms with Gasteiger partial charge in [0.15, 0.2) is 0 Å². The van der Waals surface area contributed by atoms with Crippen molar-refractivity contribution >= 4 is 17.2 Å². The molecule has 0 bridgehead atoms. The minimum Gasteiger partial charge on any atom is -0.335 e. The molecule has 1 aliphatic heterocycles. The van der Waals surface area contributed by atoms with Gasteiger partial charge in [-0.15, -0.1) is 11.3 Å². The number of nitrogens with zero attached hydrogens (tertiary/aromatic N) is 2. The van der Waals surface area contributed by atoms with Gasteiger partial charge in [0.1, 0.15) is 0 Å². The van der Waals surface area contributed by atoms with Crippen LogP contribution in [-0.4, -0.2) is 28.9 Å². The van der Waals surface area contributed by atoms with E-state index in [2.05, 4.69) is 25.8 Å². The van der Waals surface area contributed by atoms with E-state index in [-0.39, 0.29) is 23.4 Å². The third kappa shape index (κ3) is 2.21. The summed E-state index contributed by atoms with van der Waals surface area (Å²) in [5.74, 6) is 0.104. The Balaban J connectivity index is 2.29. The van der Waals surface area contributed by atoms with Crippen LogP contribution < -0.4 is 5.73 Å². The molecular weight excluding hydrogens is 234 g/mol. The second kappa shape index (κ2) is 4.07. The SMILES string of the molecule is CN1C(=O)CC(N)C1c1csc(C(C)(C)C)n1. The molecule has 0 saturated carbocycles. The smallest absolute Gasteiger partial charge is 0.224 e. The maximum atomic E-state index is 11.6. The molecule has 2 N–H and O–H groups in total. The number of nitrogens with two attached hydrogens (primary N) is 1. The fourth-order valence-corrected chi connectivity index (χ4v) is 3.02. The maximum Gasteiger partial charge on any atom is 0.224 e. The first-order valence-corrected chi connectivity index (χ1v) is 6.66. The summed E-state index contributed by atoms with van der Waals surface area (Å²) in [4.78, 5) is 18.0. The molecular formula is C12H19N3OS. The summed E-state index contributed by atoms with van der Waals surface area (Å²) in [6.07, 6.45) is 0.420. The minimum absolute atomic E-state index is 0.0498. The largest absolute Gasteiger partial charge is 0.335 e. The molecule has 2 heterocycles. The Morgan fingerprint density at radius 2 is 2.18 bits per heavy atom. The molecule has 17 heavy (non-hydrogen) atoms. The summed E-state index contributed by atoms with van der Waals surface area (Å²) < 4.78 is 0. The number of likely N-dealkylation sites (N-methyl/N-ethyl adjacent to an activating group) is 1. The number of carbonyl (C=O) groups excluding carboxylic acids is 1. The van der Waals surface area contributed by atoms with Gasteiger partial charge in [0.25, 0.3) is 0 Å². The van der Waals surface area contributed by atoms with Crippen molar-refractivity contribution in [2.75, 3.05) is 7.05 Å². The van der Waals surface area contributed by atoms with Gasteiger partial charge >= 0.3 is 0 Å². The van der Waals surface area contributed by atoms with Crippen LogP contribution in [0.4, 0.5) is 0 Å². The van der Waals surface area contributed by atoms with Crippen LogP contribution >= 0.6 is 11.3 Å². The maximum absolute atomic E-state index is 11.6. The van der Waals surface area contributed by atoms with E-state index < -0.39 is 0 Å². The molecule has 4 nitrogen and oxygen atoms in total. The highest BCUT2D eigenvalue weighted by atomic mass is 32.1. The van der Waals surface area contributed by atoms with Crippen LogP contribution in [0.15, 0.2) is 5.38 Å². The Morgan fingerprint density at radius 1 is 1.53 bits per heavy atom. The molecule has 2 atom stereocenters. The van der Waals surface area contributed by atoms with E-state index in [1.807, 2.05) is 5.38 Å². The van der Waals surface area contributed by atoms with E-state index >= 15 is 0 Å². The zero-order chi connectivity index (χ0) is 12.8. The molecule has 1 aromatic heterocycles. The topological polar surface area (TPSA) is 59.2 Å². The molecule has 2 unspecified atom stereocenters. The van der Waals surface area contributed by atoms with Crippen LogP contribution in [-0.2, 0) is 10.2 Å². The lowest BCUT2D eigenvalue weighted by Crippen LogP contribution is -2.30. The van der Waals surface area contributed by atoms with Crippen molar-refractivity contribution < 1.29 is 4.79 Å². The second-order valence-electron chi connectivity index (χ2n) is 5.64. The summed E-state index contributed by atoms with van der Waals surface area (Å²) in [5.41, 5.74) is 6.99. The number of thiazole rings is 1. The van der Waals surface area contributed by atoms with Gasteiger partial charge in [-0.05, 0) is 0 Å². The first kappa shape index (κ1) is 12.5. The Morgan fingerprint density at radius 3 is 2.59 bits per heavy atom. The average Bonchev–Trinajstić information content (AvgIpc) is 2.73. The normalized spacial score (nSPS) is 25.7. The monoisotopic (exact) mass is 253 g/mol. The standard InChI is InChI=1S/C12H19N3OS/c1-12(2,3)11-14-8(6-17-11)10-7(13)5-9(16)15(10)4/h6-7,10H,5,13H2,1-4H3. The molecule has 0 radical (unpaired) electrons. The summed E-state index contributed by atoms with van der Waals surface area (Å²) in [5, 5.41) is 3.12. The Labute approximate surface area is 106 Å².